The molecule has 0 unspecified atom stereocenters. The summed E-state index contributed by atoms with van der Waals surface area (Å²) in [5.74, 6) is 1.57. The molecular formula is C14H23NO3. The molecule has 0 bridgehead atoms. The van der Waals surface area contributed by atoms with Crippen LogP contribution in [0.4, 0.5) is 0 Å². The molecule has 18 heavy (non-hydrogen) atoms. The summed E-state index contributed by atoms with van der Waals surface area (Å²) in [4.78, 5) is 0. The third-order valence-corrected chi connectivity index (χ3v) is 2.48. The van der Waals surface area contributed by atoms with E-state index in [4.69, 9.17) is 14.2 Å². The molecule has 0 spiro atoms. The fourth-order valence-electron chi connectivity index (χ4n) is 1.54. The van der Waals surface area contributed by atoms with Crippen LogP contribution in [-0.2, 0) is 4.74 Å². The van der Waals surface area contributed by atoms with Gasteiger partial charge < -0.3 is 19.5 Å². The molecule has 0 atom stereocenters. The number of rotatable bonds is 9. The maximum absolute atomic E-state index is 5.66. The van der Waals surface area contributed by atoms with Gasteiger partial charge in [0.2, 0.25) is 0 Å². The zero-order valence-electron chi connectivity index (χ0n) is 11.5. The van der Waals surface area contributed by atoms with Crippen LogP contribution in [0.3, 0.4) is 0 Å². The first-order chi connectivity index (χ1) is 8.77. The molecule has 0 aromatic heterocycles. The fourth-order valence-corrected chi connectivity index (χ4v) is 1.54. The van der Waals surface area contributed by atoms with Gasteiger partial charge in [-0.05, 0) is 31.5 Å². The van der Waals surface area contributed by atoms with Crippen LogP contribution in [0.25, 0.3) is 0 Å². The summed E-state index contributed by atoms with van der Waals surface area (Å²) in [7, 11) is 1.65. The lowest BCUT2D eigenvalue weighted by Crippen LogP contribution is -2.25. The maximum Gasteiger partial charge on any atom is 0.161 e. The summed E-state index contributed by atoms with van der Waals surface area (Å²) in [6.07, 6.45) is 0. The molecule has 0 saturated carbocycles. The van der Waals surface area contributed by atoms with Gasteiger partial charge in [0.05, 0.1) is 13.7 Å². The van der Waals surface area contributed by atoms with Gasteiger partial charge in [0.15, 0.2) is 11.5 Å². The molecule has 102 valence electrons. The Morgan fingerprint density at radius 3 is 2.61 bits per heavy atom. The second-order valence-electron chi connectivity index (χ2n) is 3.95. The molecule has 4 heteroatoms. The van der Waals surface area contributed by atoms with E-state index >= 15 is 0 Å². The Labute approximate surface area is 109 Å². The van der Waals surface area contributed by atoms with Crippen LogP contribution in [0, 0.1) is 6.92 Å². The van der Waals surface area contributed by atoms with Crippen LogP contribution in [0.2, 0.25) is 0 Å². The van der Waals surface area contributed by atoms with Crippen molar-refractivity contribution in [3.05, 3.63) is 23.8 Å². The first kappa shape index (κ1) is 14.8. The predicted octanol–water partition coefficient (Wildman–Crippen LogP) is 2.01. The second kappa shape index (κ2) is 8.78. The minimum absolute atomic E-state index is 0.617. The van der Waals surface area contributed by atoms with E-state index < -0.39 is 0 Å². The predicted molar refractivity (Wildman–Crippen MR) is 72.6 cm³/mol. The van der Waals surface area contributed by atoms with Crippen LogP contribution in [-0.4, -0.2) is 40.0 Å². The van der Waals surface area contributed by atoms with Gasteiger partial charge >= 0.3 is 0 Å². The van der Waals surface area contributed by atoms with Gasteiger partial charge in [0.1, 0.15) is 6.61 Å². The summed E-state index contributed by atoms with van der Waals surface area (Å²) in [6, 6.07) is 5.92. The molecule has 0 saturated heterocycles. The quantitative estimate of drug-likeness (QED) is 0.683. The minimum Gasteiger partial charge on any atom is -0.493 e. The highest BCUT2D eigenvalue weighted by atomic mass is 16.5. The molecule has 1 N–H and O–H groups in total. The van der Waals surface area contributed by atoms with Gasteiger partial charge in [0.25, 0.3) is 0 Å². The standard InChI is InChI=1S/C14H23NO3/c1-4-17-9-7-15-8-10-18-13-6-5-12(2)11-14(13)16-3/h5-6,11,15H,4,7-10H2,1-3H3. The van der Waals surface area contributed by atoms with E-state index in [9.17, 15) is 0 Å². The van der Waals surface area contributed by atoms with Gasteiger partial charge in [0, 0.05) is 19.7 Å². The van der Waals surface area contributed by atoms with E-state index in [0.717, 1.165) is 43.4 Å². The lowest BCUT2D eigenvalue weighted by atomic mass is 10.2. The van der Waals surface area contributed by atoms with Crippen LogP contribution in [0.15, 0.2) is 18.2 Å². The fraction of sp³-hybridized carbons (Fsp3) is 0.571. The highest BCUT2D eigenvalue weighted by Crippen LogP contribution is 2.27. The Balaban J connectivity index is 2.22. The van der Waals surface area contributed by atoms with Crippen molar-refractivity contribution in [2.75, 3.05) is 40.0 Å². The topological polar surface area (TPSA) is 39.7 Å². The summed E-state index contributed by atoms with van der Waals surface area (Å²) < 4.78 is 16.2. The van der Waals surface area contributed by atoms with Crippen molar-refractivity contribution in [2.45, 2.75) is 13.8 Å². The highest BCUT2D eigenvalue weighted by Gasteiger charge is 2.03. The maximum atomic E-state index is 5.66. The number of nitrogens with one attached hydrogen (secondary N) is 1. The first-order valence-corrected chi connectivity index (χ1v) is 6.33. The van der Waals surface area contributed by atoms with E-state index in [0.29, 0.717) is 6.61 Å². The Kier molecular flexibility index (Phi) is 7.22. The normalized spacial score (nSPS) is 10.4. The van der Waals surface area contributed by atoms with Crippen LogP contribution in [0.1, 0.15) is 12.5 Å². The molecule has 0 aliphatic carbocycles. The van der Waals surface area contributed by atoms with Crippen LogP contribution >= 0.6 is 0 Å². The SMILES string of the molecule is CCOCCNCCOc1ccc(C)cc1OC. The molecule has 1 aromatic carbocycles. The van der Waals surface area contributed by atoms with Crippen LogP contribution in [0.5, 0.6) is 11.5 Å². The van der Waals surface area contributed by atoms with E-state index in [1.807, 2.05) is 32.0 Å². The van der Waals surface area contributed by atoms with Gasteiger partial charge in [-0.25, -0.2) is 0 Å². The largest absolute Gasteiger partial charge is 0.493 e. The number of hydrogen-bond donors (Lipinski definition) is 1. The highest BCUT2D eigenvalue weighted by molar-refractivity contribution is 5.42. The summed E-state index contributed by atoms with van der Waals surface area (Å²) in [6.45, 7) is 7.79. The molecule has 0 radical (unpaired) electrons. The number of aryl methyl sites for hydroxylation is 1. The summed E-state index contributed by atoms with van der Waals surface area (Å²) in [5, 5.41) is 3.25. The van der Waals surface area contributed by atoms with Gasteiger partial charge in [-0.2, -0.15) is 0 Å². The molecule has 0 aliphatic rings. The number of hydrogen-bond acceptors (Lipinski definition) is 4. The monoisotopic (exact) mass is 253 g/mol. The van der Waals surface area contributed by atoms with E-state index in [2.05, 4.69) is 5.32 Å². The number of benzene rings is 1. The molecule has 1 rings (SSSR count). The molecular weight excluding hydrogens is 230 g/mol. The Morgan fingerprint density at radius 1 is 1.11 bits per heavy atom. The Hall–Kier alpha value is -1.26. The van der Waals surface area contributed by atoms with E-state index in [1.165, 1.54) is 0 Å². The first-order valence-electron chi connectivity index (χ1n) is 6.33. The lowest BCUT2D eigenvalue weighted by Gasteiger charge is -2.11. The number of ether oxygens (including phenoxy) is 3. The van der Waals surface area contributed by atoms with Crippen molar-refractivity contribution in [3.63, 3.8) is 0 Å². The average Bonchev–Trinajstić information content (AvgIpc) is 2.39. The van der Waals surface area contributed by atoms with Crippen molar-refractivity contribution < 1.29 is 14.2 Å². The van der Waals surface area contributed by atoms with Crippen molar-refractivity contribution in [1.29, 1.82) is 0 Å². The zero-order chi connectivity index (χ0) is 13.2. The van der Waals surface area contributed by atoms with Gasteiger partial charge in [-0.1, -0.05) is 6.07 Å². The molecule has 0 fully saturated rings. The van der Waals surface area contributed by atoms with Crippen molar-refractivity contribution in [1.82, 2.24) is 5.32 Å². The second-order valence-corrected chi connectivity index (χ2v) is 3.95. The Morgan fingerprint density at radius 2 is 1.89 bits per heavy atom. The molecule has 0 heterocycles. The summed E-state index contributed by atoms with van der Waals surface area (Å²) >= 11 is 0. The average molecular weight is 253 g/mol. The van der Waals surface area contributed by atoms with Crippen molar-refractivity contribution in [2.24, 2.45) is 0 Å². The van der Waals surface area contributed by atoms with E-state index in [1.54, 1.807) is 7.11 Å². The smallest absolute Gasteiger partial charge is 0.161 e. The van der Waals surface area contributed by atoms with Crippen molar-refractivity contribution in [3.8, 4) is 11.5 Å². The lowest BCUT2D eigenvalue weighted by molar-refractivity contribution is 0.148. The minimum atomic E-state index is 0.617. The summed E-state index contributed by atoms with van der Waals surface area (Å²) in [5.41, 5.74) is 1.16. The molecule has 1 aromatic rings. The number of methoxy groups -OCH3 is 1. The third kappa shape index (κ3) is 5.38. The third-order valence-electron chi connectivity index (χ3n) is 2.48. The van der Waals surface area contributed by atoms with E-state index in [-0.39, 0.29) is 0 Å². The molecule has 0 aliphatic heterocycles. The van der Waals surface area contributed by atoms with Gasteiger partial charge in [-0.15, -0.1) is 0 Å². The molecule has 0 amide bonds. The Bertz CT molecular complexity index is 342. The van der Waals surface area contributed by atoms with Crippen LogP contribution < -0.4 is 14.8 Å². The van der Waals surface area contributed by atoms with Gasteiger partial charge in [-0.3, -0.25) is 0 Å². The molecule has 4 nitrogen and oxygen atoms in total. The zero-order valence-corrected chi connectivity index (χ0v) is 11.5. The van der Waals surface area contributed by atoms with Crippen molar-refractivity contribution >= 4 is 0 Å².